The van der Waals surface area contributed by atoms with Gasteiger partial charge in [0.2, 0.25) is 0 Å². The number of esters is 1. The van der Waals surface area contributed by atoms with Gasteiger partial charge in [-0.25, -0.2) is 13.2 Å². The zero-order valence-electron chi connectivity index (χ0n) is 11.6. The van der Waals surface area contributed by atoms with Crippen molar-refractivity contribution < 1.29 is 17.9 Å². The van der Waals surface area contributed by atoms with E-state index in [-0.39, 0.29) is 10.5 Å². The van der Waals surface area contributed by atoms with Gasteiger partial charge in [0.25, 0.3) is 9.05 Å². The number of hydrogen-bond donors (Lipinski definition) is 0. The molecule has 0 unspecified atom stereocenters. The second-order valence-electron chi connectivity index (χ2n) is 5.24. The molecule has 1 aliphatic carbocycles. The number of hydrogen-bond acceptors (Lipinski definition) is 4. The van der Waals surface area contributed by atoms with Crippen molar-refractivity contribution in [1.82, 2.24) is 0 Å². The maximum Gasteiger partial charge on any atom is 0.338 e. The number of rotatable bonds is 5. The summed E-state index contributed by atoms with van der Waals surface area (Å²) in [5.74, 6) is 0.134. The van der Waals surface area contributed by atoms with Crippen molar-refractivity contribution in [3.8, 4) is 0 Å². The molecule has 2 rings (SSSR count). The summed E-state index contributed by atoms with van der Waals surface area (Å²) in [4.78, 5) is 12.0. The number of ether oxygens (including phenoxy) is 1. The Balaban J connectivity index is 2.13. The first kappa shape index (κ1) is 16.8. The number of benzene rings is 1. The number of halogens is 2. The summed E-state index contributed by atoms with van der Waals surface area (Å²) in [6, 6.07) is 2.64. The molecule has 4 nitrogen and oxygen atoms in total. The molecule has 7 heteroatoms. The fraction of sp³-hybridized carbons (Fsp3) is 0.500. The van der Waals surface area contributed by atoms with E-state index in [0.29, 0.717) is 22.6 Å². The summed E-state index contributed by atoms with van der Waals surface area (Å²) in [5.41, 5.74) is 0.852. The van der Waals surface area contributed by atoms with E-state index in [0.717, 1.165) is 6.42 Å². The Bertz CT molecular complexity index is 653. The predicted molar refractivity (Wildman–Crippen MR) is 84.2 cm³/mol. The van der Waals surface area contributed by atoms with Gasteiger partial charge >= 0.3 is 5.97 Å². The molecule has 1 aromatic carbocycles. The van der Waals surface area contributed by atoms with Crippen LogP contribution in [0.1, 0.15) is 41.6 Å². The number of carbonyl (C=O) groups excluding carboxylic acids is 1. The van der Waals surface area contributed by atoms with E-state index >= 15 is 0 Å². The average molecular weight is 396 g/mol. The van der Waals surface area contributed by atoms with Crippen molar-refractivity contribution in [1.29, 1.82) is 0 Å². The highest BCUT2D eigenvalue weighted by Crippen LogP contribution is 2.30. The van der Waals surface area contributed by atoms with Crippen molar-refractivity contribution in [3.05, 3.63) is 27.7 Å². The van der Waals surface area contributed by atoms with Crippen molar-refractivity contribution in [3.63, 3.8) is 0 Å². The quantitative estimate of drug-likeness (QED) is 0.558. The van der Waals surface area contributed by atoms with E-state index in [9.17, 15) is 13.2 Å². The van der Waals surface area contributed by atoms with Gasteiger partial charge in [-0.2, -0.15) is 0 Å². The molecule has 21 heavy (non-hydrogen) atoms. The molecule has 0 aliphatic heterocycles. The molecule has 0 spiro atoms. The topological polar surface area (TPSA) is 60.4 Å². The smallest absolute Gasteiger partial charge is 0.338 e. The molecule has 1 fully saturated rings. The van der Waals surface area contributed by atoms with Gasteiger partial charge in [0.15, 0.2) is 0 Å². The SMILES string of the molecule is Cc1c(Br)cc(S(=O)(=O)Cl)cc1C(=O)OCCC1CCC1. The first-order valence-corrected chi connectivity index (χ1v) is 9.81. The standard InChI is InChI=1S/C14H16BrClO4S/c1-9-12(7-11(8-13(9)15)21(16,18)19)14(17)20-6-5-10-3-2-4-10/h7-8,10H,2-6H2,1H3. The zero-order valence-corrected chi connectivity index (χ0v) is 14.7. The van der Waals surface area contributed by atoms with Crippen LogP contribution in [0.4, 0.5) is 0 Å². The van der Waals surface area contributed by atoms with Gasteiger partial charge < -0.3 is 4.74 Å². The first-order chi connectivity index (χ1) is 9.79. The Kier molecular flexibility index (Phi) is 5.33. The summed E-state index contributed by atoms with van der Waals surface area (Å²) in [7, 11) is 1.44. The Morgan fingerprint density at radius 2 is 2.10 bits per heavy atom. The van der Waals surface area contributed by atoms with Gasteiger partial charge in [-0.05, 0) is 37.0 Å². The molecule has 0 radical (unpaired) electrons. The van der Waals surface area contributed by atoms with Gasteiger partial charge in [0.05, 0.1) is 17.1 Å². The zero-order chi connectivity index (χ0) is 15.6. The molecule has 1 aliphatic rings. The average Bonchev–Trinajstić information content (AvgIpc) is 2.33. The van der Waals surface area contributed by atoms with Crippen molar-refractivity contribution in [2.45, 2.75) is 37.5 Å². The fourth-order valence-corrected chi connectivity index (χ4v) is 3.58. The van der Waals surface area contributed by atoms with Crippen molar-refractivity contribution in [2.24, 2.45) is 5.92 Å². The second kappa shape index (κ2) is 6.67. The third kappa shape index (κ3) is 4.20. The lowest BCUT2D eigenvalue weighted by atomic mass is 9.83. The Morgan fingerprint density at radius 1 is 1.43 bits per heavy atom. The van der Waals surface area contributed by atoms with Gasteiger partial charge in [-0.3, -0.25) is 0 Å². The largest absolute Gasteiger partial charge is 0.462 e. The molecule has 116 valence electrons. The van der Waals surface area contributed by atoms with E-state index in [1.54, 1.807) is 6.92 Å². The van der Waals surface area contributed by atoms with Crippen LogP contribution in [0, 0.1) is 12.8 Å². The van der Waals surface area contributed by atoms with E-state index in [1.807, 2.05) is 0 Å². The fourth-order valence-electron chi connectivity index (χ4n) is 2.18. The summed E-state index contributed by atoms with van der Waals surface area (Å²) < 4.78 is 28.6. The van der Waals surface area contributed by atoms with Crippen LogP contribution in [0.2, 0.25) is 0 Å². The van der Waals surface area contributed by atoms with Crippen LogP contribution < -0.4 is 0 Å². The van der Waals surface area contributed by atoms with E-state index in [2.05, 4.69) is 15.9 Å². The molecule has 0 aromatic heterocycles. The maximum absolute atomic E-state index is 12.1. The highest BCUT2D eigenvalue weighted by Gasteiger charge is 2.21. The summed E-state index contributed by atoms with van der Waals surface area (Å²) >= 11 is 3.24. The molecular weight excluding hydrogens is 380 g/mol. The lowest BCUT2D eigenvalue weighted by molar-refractivity contribution is 0.0463. The molecule has 0 bridgehead atoms. The van der Waals surface area contributed by atoms with E-state index in [1.165, 1.54) is 31.4 Å². The lowest BCUT2D eigenvalue weighted by Gasteiger charge is -2.24. The van der Waals surface area contributed by atoms with Gasteiger partial charge in [-0.15, -0.1) is 0 Å². The minimum absolute atomic E-state index is 0.118. The molecule has 1 aromatic rings. The van der Waals surface area contributed by atoms with Crippen LogP contribution in [-0.2, 0) is 13.8 Å². The lowest BCUT2D eigenvalue weighted by Crippen LogP contribution is -2.16. The molecule has 0 N–H and O–H groups in total. The van der Waals surface area contributed by atoms with Gasteiger partial charge in [0.1, 0.15) is 0 Å². The normalized spacial score (nSPS) is 15.6. The summed E-state index contributed by atoms with van der Waals surface area (Å²) in [6.45, 7) is 2.08. The molecule has 0 saturated heterocycles. The summed E-state index contributed by atoms with van der Waals surface area (Å²) in [6.07, 6.45) is 4.50. The molecule has 0 heterocycles. The third-order valence-corrected chi connectivity index (χ3v) is 5.96. The van der Waals surface area contributed by atoms with Crippen LogP contribution in [0.3, 0.4) is 0 Å². The van der Waals surface area contributed by atoms with E-state index in [4.69, 9.17) is 15.4 Å². The van der Waals surface area contributed by atoms with Crippen molar-refractivity contribution >= 4 is 41.6 Å². The van der Waals surface area contributed by atoms with Crippen LogP contribution in [0.5, 0.6) is 0 Å². The molecular formula is C14H16BrClO4S. The monoisotopic (exact) mass is 394 g/mol. The Morgan fingerprint density at radius 3 is 2.62 bits per heavy atom. The van der Waals surface area contributed by atoms with Crippen LogP contribution in [0.15, 0.2) is 21.5 Å². The highest BCUT2D eigenvalue weighted by molar-refractivity contribution is 9.10. The van der Waals surface area contributed by atoms with Crippen LogP contribution >= 0.6 is 26.6 Å². The van der Waals surface area contributed by atoms with Crippen LogP contribution in [0.25, 0.3) is 0 Å². The molecule has 0 atom stereocenters. The van der Waals surface area contributed by atoms with Gasteiger partial charge in [-0.1, -0.05) is 35.2 Å². The van der Waals surface area contributed by atoms with Crippen molar-refractivity contribution in [2.75, 3.05) is 6.61 Å². The van der Waals surface area contributed by atoms with Gasteiger partial charge in [0, 0.05) is 15.2 Å². The molecule has 1 saturated carbocycles. The predicted octanol–water partition coefficient (Wildman–Crippen LogP) is 4.03. The summed E-state index contributed by atoms with van der Waals surface area (Å²) in [5, 5.41) is 0. The second-order valence-corrected chi connectivity index (χ2v) is 8.66. The maximum atomic E-state index is 12.1. The van der Waals surface area contributed by atoms with E-state index < -0.39 is 15.0 Å². The minimum atomic E-state index is -3.89. The highest BCUT2D eigenvalue weighted by atomic mass is 79.9. The third-order valence-electron chi connectivity index (χ3n) is 3.80. The first-order valence-electron chi connectivity index (χ1n) is 6.71. The Labute approximate surface area is 137 Å². The minimum Gasteiger partial charge on any atom is -0.462 e. The Hall–Kier alpha value is -0.590. The number of carbonyl (C=O) groups is 1. The van der Waals surface area contributed by atoms with Crippen LogP contribution in [-0.4, -0.2) is 21.0 Å². The molecule has 0 amide bonds.